The van der Waals surface area contributed by atoms with Gasteiger partial charge in [0.15, 0.2) is 5.13 Å². The standard InChI is InChI=1S/C17H22N2O3S/c1-12-13(6-5-10-22-12)16(20)19(9-11-21-2)17-18-14-7-3-4-8-15(14)23-17/h3-4,7-8,12-13H,5-6,9-11H2,1-2H3/t12-,13-/m0/s1. The Morgan fingerprint density at radius 2 is 2.30 bits per heavy atom. The number of ether oxygens (including phenoxy) is 2. The van der Waals surface area contributed by atoms with Crippen molar-refractivity contribution in [2.24, 2.45) is 5.92 Å². The number of methoxy groups -OCH3 is 1. The summed E-state index contributed by atoms with van der Waals surface area (Å²) in [4.78, 5) is 19.5. The lowest BCUT2D eigenvalue weighted by Crippen LogP contribution is -2.44. The van der Waals surface area contributed by atoms with E-state index < -0.39 is 0 Å². The number of para-hydroxylation sites is 1. The molecule has 5 nitrogen and oxygen atoms in total. The van der Waals surface area contributed by atoms with E-state index in [0.29, 0.717) is 13.2 Å². The largest absolute Gasteiger partial charge is 0.383 e. The van der Waals surface area contributed by atoms with Crippen LogP contribution in [0.4, 0.5) is 5.13 Å². The lowest BCUT2D eigenvalue weighted by atomic mass is 9.94. The number of anilines is 1. The quantitative estimate of drug-likeness (QED) is 0.843. The Bertz CT molecular complexity index is 640. The summed E-state index contributed by atoms with van der Waals surface area (Å²) < 4.78 is 11.9. The second-order valence-corrected chi connectivity index (χ2v) is 6.78. The first kappa shape index (κ1) is 16.4. The van der Waals surface area contributed by atoms with Gasteiger partial charge in [0.2, 0.25) is 5.91 Å². The number of hydrogen-bond donors (Lipinski definition) is 0. The molecule has 3 rings (SSSR count). The molecule has 1 amide bonds. The maximum Gasteiger partial charge on any atom is 0.234 e. The Labute approximate surface area is 140 Å². The Morgan fingerprint density at radius 1 is 1.48 bits per heavy atom. The molecule has 1 aromatic carbocycles. The van der Waals surface area contributed by atoms with E-state index in [1.165, 1.54) is 0 Å². The van der Waals surface area contributed by atoms with E-state index in [2.05, 4.69) is 4.98 Å². The van der Waals surface area contributed by atoms with Gasteiger partial charge in [-0.3, -0.25) is 9.69 Å². The van der Waals surface area contributed by atoms with Crippen LogP contribution in [-0.4, -0.2) is 43.9 Å². The highest BCUT2D eigenvalue weighted by atomic mass is 32.1. The van der Waals surface area contributed by atoms with Gasteiger partial charge in [0, 0.05) is 13.7 Å². The Morgan fingerprint density at radius 3 is 3.04 bits per heavy atom. The zero-order chi connectivity index (χ0) is 16.2. The van der Waals surface area contributed by atoms with Crippen LogP contribution in [0.2, 0.25) is 0 Å². The fourth-order valence-electron chi connectivity index (χ4n) is 2.91. The van der Waals surface area contributed by atoms with Crippen molar-refractivity contribution in [2.45, 2.75) is 25.9 Å². The molecule has 1 aliphatic heterocycles. The predicted octanol–water partition coefficient (Wildman–Crippen LogP) is 3.09. The number of rotatable bonds is 5. The summed E-state index contributed by atoms with van der Waals surface area (Å²) in [6, 6.07) is 7.95. The summed E-state index contributed by atoms with van der Waals surface area (Å²) in [5, 5.41) is 0.742. The molecule has 1 saturated heterocycles. The summed E-state index contributed by atoms with van der Waals surface area (Å²) in [5.41, 5.74) is 0.927. The van der Waals surface area contributed by atoms with E-state index in [0.717, 1.165) is 34.8 Å². The highest BCUT2D eigenvalue weighted by Gasteiger charge is 2.33. The first-order chi connectivity index (χ1) is 11.2. The van der Waals surface area contributed by atoms with E-state index in [-0.39, 0.29) is 17.9 Å². The van der Waals surface area contributed by atoms with Crippen LogP contribution in [0.5, 0.6) is 0 Å². The molecule has 1 aliphatic rings. The highest BCUT2D eigenvalue weighted by Crippen LogP contribution is 2.31. The van der Waals surface area contributed by atoms with Gasteiger partial charge >= 0.3 is 0 Å². The zero-order valence-corrected chi connectivity index (χ0v) is 14.3. The first-order valence-corrected chi connectivity index (χ1v) is 8.80. The number of carbonyl (C=O) groups excluding carboxylic acids is 1. The monoisotopic (exact) mass is 334 g/mol. The number of hydrogen-bond acceptors (Lipinski definition) is 5. The number of thiazole rings is 1. The number of nitrogens with zero attached hydrogens (tertiary/aromatic N) is 2. The molecule has 0 spiro atoms. The third-order valence-corrected chi connectivity index (χ3v) is 5.28. The molecule has 2 heterocycles. The van der Waals surface area contributed by atoms with Gasteiger partial charge < -0.3 is 9.47 Å². The van der Waals surface area contributed by atoms with Crippen molar-refractivity contribution >= 4 is 32.6 Å². The van der Waals surface area contributed by atoms with Crippen molar-refractivity contribution in [3.63, 3.8) is 0 Å². The van der Waals surface area contributed by atoms with Gasteiger partial charge in [-0.1, -0.05) is 23.5 Å². The van der Waals surface area contributed by atoms with Gasteiger partial charge in [-0.05, 0) is 31.9 Å². The molecular weight excluding hydrogens is 312 g/mol. The molecule has 0 saturated carbocycles. The van der Waals surface area contributed by atoms with Gasteiger partial charge in [-0.25, -0.2) is 4.98 Å². The second-order valence-electron chi connectivity index (χ2n) is 5.77. The minimum Gasteiger partial charge on any atom is -0.383 e. The van der Waals surface area contributed by atoms with E-state index in [1.54, 1.807) is 23.3 Å². The number of amides is 1. The van der Waals surface area contributed by atoms with Gasteiger partial charge in [0.1, 0.15) is 0 Å². The van der Waals surface area contributed by atoms with Crippen molar-refractivity contribution in [3.8, 4) is 0 Å². The molecule has 0 aliphatic carbocycles. The van der Waals surface area contributed by atoms with Crippen molar-refractivity contribution < 1.29 is 14.3 Å². The molecule has 0 bridgehead atoms. The molecule has 124 valence electrons. The fraction of sp³-hybridized carbons (Fsp3) is 0.529. The van der Waals surface area contributed by atoms with Crippen LogP contribution in [-0.2, 0) is 14.3 Å². The van der Waals surface area contributed by atoms with Crippen molar-refractivity contribution in [2.75, 3.05) is 31.8 Å². The lowest BCUT2D eigenvalue weighted by molar-refractivity contribution is -0.130. The summed E-state index contributed by atoms with van der Waals surface area (Å²) in [7, 11) is 1.65. The summed E-state index contributed by atoms with van der Waals surface area (Å²) in [5.74, 6) is -0.0130. The summed E-state index contributed by atoms with van der Waals surface area (Å²) >= 11 is 1.55. The van der Waals surface area contributed by atoms with Gasteiger partial charge in [0.05, 0.1) is 35.4 Å². The lowest BCUT2D eigenvalue weighted by Gasteiger charge is -2.32. The second kappa shape index (κ2) is 7.38. The Hall–Kier alpha value is -1.50. The SMILES string of the molecule is COCCN(C(=O)[C@H]1CCCO[C@H]1C)c1nc2ccccc2s1. The maximum atomic E-state index is 13.0. The fourth-order valence-corrected chi connectivity index (χ4v) is 3.90. The molecule has 6 heteroatoms. The number of fused-ring (bicyclic) bond motifs is 1. The summed E-state index contributed by atoms with van der Waals surface area (Å²) in [6.07, 6.45) is 1.75. The maximum absolute atomic E-state index is 13.0. The molecule has 2 atom stereocenters. The molecule has 2 aromatic rings. The van der Waals surface area contributed by atoms with Crippen LogP contribution >= 0.6 is 11.3 Å². The molecule has 23 heavy (non-hydrogen) atoms. The number of aromatic nitrogens is 1. The minimum atomic E-state index is -0.104. The molecule has 0 radical (unpaired) electrons. The Kier molecular flexibility index (Phi) is 5.25. The van der Waals surface area contributed by atoms with Crippen LogP contribution < -0.4 is 4.90 Å². The molecular formula is C17H22N2O3S. The average Bonchev–Trinajstić information content (AvgIpc) is 2.99. The third kappa shape index (κ3) is 3.54. The van der Waals surface area contributed by atoms with E-state index in [4.69, 9.17) is 9.47 Å². The summed E-state index contributed by atoms with van der Waals surface area (Å²) in [6.45, 7) is 3.72. The van der Waals surface area contributed by atoms with E-state index in [1.807, 2.05) is 31.2 Å². The minimum absolute atomic E-state index is 0.0457. The third-order valence-electron chi connectivity index (χ3n) is 4.22. The zero-order valence-electron chi connectivity index (χ0n) is 13.5. The number of benzene rings is 1. The van der Waals surface area contributed by atoms with Crippen LogP contribution in [0.3, 0.4) is 0 Å². The van der Waals surface area contributed by atoms with Crippen LogP contribution in [0.1, 0.15) is 19.8 Å². The van der Waals surface area contributed by atoms with Crippen LogP contribution in [0.15, 0.2) is 24.3 Å². The number of carbonyl (C=O) groups is 1. The smallest absolute Gasteiger partial charge is 0.234 e. The van der Waals surface area contributed by atoms with Crippen LogP contribution in [0, 0.1) is 5.92 Å². The average molecular weight is 334 g/mol. The topological polar surface area (TPSA) is 51.7 Å². The Balaban J connectivity index is 1.88. The molecule has 0 unspecified atom stereocenters. The molecule has 1 fully saturated rings. The first-order valence-electron chi connectivity index (χ1n) is 7.98. The van der Waals surface area contributed by atoms with Crippen LogP contribution in [0.25, 0.3) is 10.2 Å². The molecule has 1 aromatic heterocycles. The van der Waals surface area contributed by atoms with E-state index in [9.17, 15) is 4.79 Å². The normalized spacial score (nSPS) is 21.5. The highest BCUT2D eigenvalue weighted by molar-refractivity contribution is 7.22. The van der Waals surface area contributed by atoms with Gasteiger partial charge in [0.25, 0.3) is 0 Å². The van der Waals surface area contributed by atoms with Crippen molar-refractivity contribution in [3.05, 3.63) is 24.3 Å². The van der Waals surface area contributed by atoms with Crippen molar-refractivity contribution in [1.82, 2.24) is 4.98 Å². The van der Waals surface area contributed by atoms with E-state index >= 15 is 0 Å². The molecule has 0 N–H and O–H groups in total. The predicted molar refractivity (Wildman–Crippen MR) is 92.0 cm³/mol. The van der Waals surface area contributed by atoms with Gasteiger partial charge in [-0.2, -0.15) is 0 Å². The van der Waals surface area contributed by atoms with Gasteiger partial charge in [-0.15, -0.1) is 0 Å². The van der Waals surface area contributed by atoms with Crippen molar-refractivity contribution in [1.29, 1.82) is 0 Å².